The molecule has 2 aromatic heterocycles. The van der Waals surface area contributed by atoms with Crippen LogP contribution in [0.15, 0.2) is 16.8 Å². The van der Waals surface area contributed by atoms with Crippen LogP contribution in [0.5, 0.6) is 0 Å². The van der Waals surface area contributed by atoms with Gasteiger partial charge in [-0.3, -0.25) is 9.48 Å². The van der Waals surface area contributed by atoms with E-state index in [9.17, 15) is 4.79 Å². The van der Waals surface area contributed by atoms with Crippen molar-refractivity contribution in [3.63, 3.8) is 0 Å². The molecule has 0 saturated carbocycles. The largest absolute Gasteiger partial charge is 0.382 e. The summed E-state index contributed by atoms with van der Waals surface area (Å²) < 4.78 is 12.3. The number of aryl methyl sites for hydroxylation is 2. The van der Waals surface area contributed by atoms with E-state index in [1.54, 1.807) is 31.7 Å². The fourth-order valence-electron chi connectivity index (χ4n) is 3.09. The van der Waals surface area contributed by atoms with E-state index in [2.05, 4.69) is 10.3 Å². The predicted octanol–water partition coefficient (Wildman–Crippen LogP) is 1.000. The second kappa shape index (κ2) is 6.04. The molecule has 0 aromatic carbocycles. The number of anilines is 1. The summed E-state index contributed by atoms with van der Waals surface area (Å²) in [4.78, 5) is 14.8. The van der Waals surface area contributed by atoms with Crippen molar-refractivity contribution in [2.45, 2.75) is 39.0 Å². The number of likely N-dealkylation sites (tertiary alicyclic amines) is 1. The molecule has 2 aromatic rings. The minimum Gasteiger partial charge on any atom is -0.382 e. The second-order valence-electron chi connectivity index (χ2n) is 5.87. The summed E-state index contributed by atoms with van der Waals surface area (Å²) >= 11 is 0. The maximum atomic E-state index is 12.9. The maximum Gasteiger partial charge on any atom is 0.259 e. The van der Waals surface area contributed by atoms with Crippen LogP contribution in [-0.4, -0.2) is 51.5 Å². The van der Waals surface area contributed by atoms with Gasteiger partial charge in [0.15, 0.2) is 0 Å². The van der Waals surface area contributed by atoms with Gasteiger partial charge in [-0.1, -0.05) is 5.16 Å². The number of ether oxygens (including phenoxy) is 1. The van der Waals surface area contributed by atoms with Gasteiger partial charge < -0.3 is 19.9 Å². The van der Waals surface area contributed by atoms with Gasteiger partial charge in [-0.25, -0.2) is 0 Å². The van der Waals surface area contributed by atoms with E-state index in [1.165, 1.54) is 0 Å². The zero-order valence-electron chi connectivity index (χ0n) is 13.5. The highest BCUT2D eigenvalue weighted by molar-refractivity contribution is 5.96. The lowest BCUT2D eigenvalue weighted by Crippen LogP contribution is -2.39. The van der Waals surface area contributed by atoms with Crippen molar-refractivity contribution in [1.29, 1.82) is 0 Å². The molecule has 2 N–H and O–H groups in total. The van der Waals surface area contributed by atoms with Gasteiger partial charge in [0.2, 0.25) is 0 Å². The van der Waals surface area contributed by atoms with Crippen molar-refractivity contribution >= 4 is 11.7 Å². The van der Waals surface area contributed by atoms with E-state index >= 15 is 0 Å². The lowest BCUT2D eigenvalue weighted by atomic mass is 10.1. The monoisotopic (exact) mass is 319 g/mol. The van der Waals surface area contributed by atoms with Gasteiger partial charge in [0.1, 0.15) is 17.1 Å². The zero-order chi connectivity index (χ0) is 16.6. The average Bonchev–Trinajstić information content (AvgIpc) is 3.19. The number of hydrogen-bond donors (Lipinski definition) is 1. The number of methoxy groups -OCH3 is 1. The van der Waals surface area contributed by atoms with Crippen LogP contribution in [0.2, 0.25) is 0 Å². The van der Waals surface area contributed by atoms with Crippen LogP contribution in [0.4, 0.5) is 5.82 Å². The van der Waals surface area contributed by atoms with Gasteiger partial charge in [0.05, 0.1) is 24.4 Å². The van der Waals surface area contributed by atoms with Gasteiger partial charge in [-0.05, 0) is 26.3 Å². The SMILES string of the molecule is CO[C@@H]1C[C@@H](Cn2ccc(N)n2)N(C(=O)c2c(C)noc2C)C1. The normalized spacial score (nSPS) is 21.1. The van der Waals surface area contributed by atoms with Crippen molar-refractivity contribution in [2.24, 2.45) is 0 Å². The van der Waals surface area contributed by atoms with E-state index < -0.39 is 0 Å². The summed E-state index contributed by atoms with van der Waals surface area (Å²) in [7, 11) is 1.66. The number of nitrogen functional groups attached to an aromatic ring is 1. The number of aromatic nitrogens is 3. The molecule has 8 heteroatoms. The molecule has 0 spiro atoms. The van der Waals surface area contributed by atoms with Gasteiger partial charge in [0, 0.05) is 19.9 Å². The van der Waals surface area contributed by atoms with Crippen LogP contribution in [0.1, 0.15) is 28.2 Å². The first-order chi connectivity index (χ1) is 11.0. The zero-order valence-corrected chi connectivity index (χ0v) is 13.5. The van der Waals surface area contributed by atoms with Gasteiger partial charge in [-0.15, -0.1) is 0 Å². The van der Waals surface area contributed by atoms with Crippen LogP contribution in [0.3, 0.4) is 0 Å². The Morgan fingerprint density at radius 2 is 2.30 bits per heavy atom. The van der Waals surface area contributed by atoms with Crippen molar-refractivity contribution in [2.75, 3.05) is 19.4 Å². The third kappa shape index (κ3) is 2.94. The van der Waals surface area contributed by atoms with Crippen LogP contribution < -0.4 is 5.73 Å². The summed E-state index contributed by atoms with van der Waals surface area (Å²) in [5.41, 5.74) is 6.80. The average molecular weight is 319 g/mol. The minimum atomic E-state index is -0.0778. The molecule has 1 amide bonds. The molecule has 23 heavy (non-hydrogen) atoms. The quantitative estimate of drug-likeness (QED) is 0.902. The lowest BCUT2D eigenvalue weighted by Gasteiger charge is -2.24. The summed E-state index contributed by atoms with van der Waals surface area (Å²) in [5, 5.41) is 8.07. The fraction of sp³-hybridized carbons (Fsp3) is 0.533. The first-order valence-electron chi connectivity index (χ1n) is 7.55. The minimum absolute atomic E-state index is 0.0114. The third-order valence-electron chi connectivity index (χ3n) is 4.28. The molecule has 0 unspecified atom stereocenters. The van der Waals surface area contributed by atoms with Crippen molar-refractivity contribution in [3.05, 3.63) is 29.3 Å². The fourth-order valence-corrected chi connectivity index (χ4v) is 3.09. The van der Waals surface area contributed by atoms with Gasteiger partial charge >= 0.3 is 0 Å². The first kappa shape index (κ1) is 15.5. The molecule has 1 saturated heterocycles. The molecule has 0 bridgehead atoms. The summed E-state index contributed by atoms with van der Waals surface area (Å²) in [6.45, 7) is 4.64. The Balaban J connectivity index is 1.84. The lowest BCUT2D eigenvalue weighted by molar-refractivity contribution is 0.0676. The Morgan fingerprint density at radius 1 is 1.52 bits per heavy atom. The molecule has 0 radical (unpaired) electrons. The van der Waals surface area contributed by atoms with E-state index in [-0.39, 0.29) is 18.1 Å². The molecule has 124 valence electrons. The Kier molecular flexibility index (Phi) is 4.08. The number of rotatable bonds is 4. The van der Waals surface area contributed by atoms with Crippen LogP contribution in [-0.2, 0) is 11.3 Å². The van der Waals surface area contributed by atoms with E-state index in [0.29, 0.717) is 35.9 Å². The summed E-state index contributed by atoms with van der Waals surface area (Å²) in [6.07, 6.45) is 2.58. The highest BCUT2D eigenvalue weighted by Crippen LogP contribution is 2.26. The molecule has 3 heterocycles. The van der Waals surface area contributed by atoms with E-state index in [4.69, 9.17) is 15.0 Å². The molecule has 1 fully saturated rings. The Bertz CT molecular complexity index is 688. The molecular formula is C15H21N5O3. The van der Waals surface area contributed by atoms with Gasteiger partial charge in [-0.2, -0.15) is 5.10 Å². The molecule has 0 aliphatic carbocycles. The molecule has 3 rings (SSSR count). The van der Waals surface area contributed by atoms with Crippen LogP contribution in [0.25, 0.3) is 0 Å². The highest BCUT2D eigenvalue weighted by Gasteiger charge is 2.37. The summed E-state index contributed by atoms with van der Waals surface area (Å²) in [5.74, 6) is 0.927. The summed E-state index contributed by atoms with van der Waals surface area (Å²) in [6, 6.07) is 1.73. The second-order valence-corrected chi connectivity index (χ2v) is 5.87. The number of carbonyl (C=O) groups excluding carboxylic acids is 1. The molecule has 1 aliphatic rings. The van der Waals surface area contributed by atoms with Crippen LogP contribution in [0, 0.1) is 13.8 Å². The van der Waals surface area contributed by atoms with Crippen molar-refractivity contribution < 1.29 is 14.1 Å². The number of nitrogens with zero attached hydrogens (tertiary/aromatic N) is 4. The molecular weight excluding hydrogens is 298 g/mol. The first-order valence-corrected chi connectivity index (χ1v) is 7.55. The van der Waals surface area contributed by atoms with Crippen molar-refractivity contribution in [3.8, 4) is 0 Å². The van der Waals surface area contributed by atoms with E-state index in [0.717, 1.165) is 6.42 Å². The number of amides is 1. The third-order valence-corrected chi connectivity index (χ3v) is 4.28. The standard InChI is InChI=1S/C15H21N5O3/c1-9-14(10(2)23-18-9)15(21)20-8-12(22-3)6-11(20)7-19-5-4-13(16)17-19/h4-5,11-12H,6-8H2,1-3H3,(H2,16,17)/t11-,12+/m0/s1. The Hall–Kier alpha value is -2.35. The topological polar surface area (TPSA) is 99.4 Å². The number of hydrogen-bond acceptors (Lipinski definition) is 6. The highest BCUT2D eigenvalue weighted by atomic mass is 16.5. The molecule has 1 aliphatic heterocycles. The molecule has 8 nitrogen and oxygen atoms in total. The smallest absolute Gasteiger partial charge is 0.259 e. The van der Waals surface area contributed by atoms with Crippen molar-refractivity contribution in [1.82, 2.24) is 19.8 Å². The predicted molar refractivity (Wildman–Crippen MR) is 82.9 cm³/mol. The maximum absolute atomic E-state index is 12.9. The molecule has 2 atom stereocenters. The van der Waals surface area contributed by atoms with Gasteiger partial charge in [0.25, 0.3) is 5.91 Å². The Labute approximate surface area is 134 Å². The number of nitrogens with two attached hydrogens (primary N) is 1. The Morgan fingerprint density at radius 3 is 2.87 bits per heavy atom. The van der Waals surface area contributed by atoms with E-state index in [1.807, 2.05) is 11.1 Å². The number of carbonyl (C=O) groups is 1. The van der Waals surface area contributed by atoms with Crippen LogP contribution >= 0.6 is 0 Å².